The lowest BCUT2D eigenvalue weighted by atomic mass is 10.2. The molecule has 0 radical (unpaired) electrons. The van der Waals surface area contributed by atoms with Crippen molar-refractivity contribution in [1.29, 1.82) is 0 Å². The van der Waals surface area contributed by atoms with E-state index in [1.165, 1.54) is 12.8 Å². The second kappa shape index (κ2) is 6.64. The minimum Gasteiger partial charge on any atom is -0.381 e. The van der Waals surface area contributed by atoms with Crippen molar-refractivity contribution in [3.63, 3.8) is 0 Å². The minimum absolute atomic E-state index is 0.457. The summed E-state index contributed by atoms with van der Waals surface area (Å²) < 4.78 is 0. The van der Waals surface area contributed by atoms with Crippen molar-refractivity contribution in [3.05, 3.63) is 0 Å². The van der Waals surface area contributed by atoms with E-state index < -0.39 is 6.10 Å². The Morgan fingerprint density at radius 2 is 2.10 bits per heavy atom. The summed E-state index contributed by atoms with van der Waals surface area (Å²) >= 11 is 0. The Morgan fingerprint density at radius 1 is 1.40 bits per heavy atom. The largest absolute Gasteiger partial charge is 0.381 e. The number of unbranched alkanes of at least 4 members (excludes halogenated alkanes) is 3. The van der Waals surface area contributed by atoms with Crippen LogP contribution in [0.25, 0.3) is 0 Å². The Labute approximate surface area is 63.5 Å². The molecule has 10 heavy (non-hydrogen) atoms. The molecule has 0 aromatic rings. The zero-order valence-corrected chi connectivity index (χ0v) is 6.85. The van der Waals surface area contributed by atoms with Crippen LogP contribution in [0, 0.1) is 11.8 Å². The molecule has 0 aliphatic rings. The molecule has 1 atom stereocenters. The highest BCUT2D eigenvalue weighted by atomic mass is 16.3. The number of hydrogen-bond acceptors (Lipinski definition) is 1. The summed E-state index contributed by atoms with van der Waals surface area (Å²) in [4.78, 5) is 0. The Kier molecular flexibility index (Phi) is 6.32. The molecule has 0 aromatic heterocycles. The molecule has 0 amide bonds. The number of aliphatic hydroxyl groups excluding tert-OH is 1. The quantitative estimate of drug-likeness (QED) is 0.469. The maximum atomic E-state index is 8.74. The highest BCUT2D eigenvalue weighted by Crippen LogP contribution is 1.96. The van der Waals surface area contributed by atoms with E-state index in [4.69, 9.17) is 5.11 Å². The Balaban J connectivity index is 3.12. The average Bonchev–Trinajstić information content (AvgIpc) is 1.87. The van der Waals surface area contributed by atoms with Gasteiger partial charge in [0.05, 0.1) is 0 Å². The van der Waals surface area contributed by atoms with Crippen LogP contribution in [-0.4, -0.2) is 11.2 Å². The van der Waals surface area contributed by atoms with Crippen LogP contribution in [-0.2, 0) is 0 Å². The van der Waals surface area contributed by atoms with Crippen LogP contribution < -0.4 is 0 Å². The van der Waals surface area contributed by atoms with Gasteiger partial charge in [0.1, 0.15) is 6.10 Å². The summed E-state index contributed by atoms with van der Waals surface area (Å²) in [6.07, 6.45) is 4.11. The van der Waals surface area contributed by atoms with Crippen LogP contribution in [0.1, 0.15) is 39.5 Å². The van der Waals surface area contributed by atoms with Gasteiger partial charge in [-0.1, -0.05) is 25.7 Å². The SMILES string of the molecule is CCCCCC#C[C@@H](C)O. The lowest BCUT2D eigenvalue weighted by molar-refractivity contribution is 0.253. The normalized spacial score (nSPS) is 11.9. The molecule has 1 N–H and O–H groups in total. The van der Waals surface area contributed by atoms with Crippen LogP contribution >= 0.6 is 0 Å². The maximum Gasteiger partial charge on any atom is 0.111 e. The summed E-state index contributed by atoms with van der Waals surface area (Å²) in [7, 11) is 0. The first-order valence-electron chi connectivity index (χ1n) is 3.93. The molecule has 0 saturated carbocycles. The summed E-state index contributed by atoms with van der Waals surface area (Å²) in [5, 5.41) is 8.74. The molecular weight excluding hydrogens is 124 g/mol. The van der Waals surface area contributed by atoms with Crippen molar-refractivity contribution >= 4 is 0 Å². The summed E-state index contributed by atoms with van der Waals surface area (Å²) in [5.74, 6) is 5.63. The van der Waals surface area contributed by atoms with Crippen molar-refractivity contribution in [2.75, 3.05) is 0 Å². The Hall–Kier alpha value is -0.480. The molecule has 0 spiro atoms. The second-order valence-corrected chi connectivity index (χ2v) is 2.45. The summed E-state index contributed by atoms with van der Waals surface area (Å²) in [6, 6.07) is 0. The van der Waals surface area contributed by atoms with Gasteiger partial charge in [-0.2, -0.15) is 0 Å². The van der Waals surface area contributed by atoms with Crippen LogP contribution in [0.3, 0.4) is 0 Å². The first-order chi connectivity index (χ1) is 4.77. The van der Waals surface area contributed by atoms with Gasteiger partial charge in [0.25, 0.3) is 0 Å². The van der Waals surface area contributed by atoms with Crippen molar-refractivity contribution < 1.29 is 5.11 Å². The molecule has 1 nitrogen and oxygen atoms in total. The van der Waals surface area contributed by atoms with Gasteiger partial charge in [-0.25, -0.2) is 0 Å². The molecule has 0 rings (SSSR count). The zero-order chi connectivity index (χ0) is 7.82. The van der Waals surface area contributed by atoms with Gasteiger partial charge < -0.3 is 5.11 Å². The lowest BCUT2D eigenvalue weighted by Gasteiger charge is -1.89. The van der Waals surface area contributed by atoms with Crippen LogP contribution in [0.5, 0.6) is 0 Å². The molecule has 0 fully saturated rings. The third kappa shape index (κ3) is 7.52. The third-order valence-corrected chi connectivity index (χ3v) is 1.22. The van der Waals surface area contributed by atoms with Gasteiger partial charge >= 0.3 is 0 Å². The first-order valence-corrected chi connectivity index (χ1v) is 3.93. The fourth-order valence-corrected chi connectivity index (χ4v) is 0.683. The smallest absolute Gasteiger partial charge is 0.111 e. The lowest BCUT2D eigenvalue weighted by Crippen LogP contribution is -1.92. The molecule has 58 valence electrons. The first kappa shape index (κ1) is 9.52. The second-order valence-electron chi connectivity index (χ2n) is 2.45. The van der Waals surface area contributed by atoms with Crippen molar-refractivity contribution in [2.45, 2.75) is 45.6 Å². The Bertz CT molecular complexity index is 116. The molecule has 1 heteroatoms. The van der Waals surface area contributed by atoms with Crippen LogP contribution in [0.4, 0.5) is 0 Å². The van der Waals surface area contributed by atoms with E-state index in [0.717, 1.165) is 12.8 Å². The molecule has 0 aliphatic carbocycles. The molecule has 0 heterocycles. The standard InChI is InChI=1S/C9H16O/c1-3-4-5-6-7-8-9(2)10/h9-10H,3-6H2,1-2H3/t9-/m1/s1. The van der Waals surface area contributed by atoms with Gasteiger partial charge in [0.2, 0.25) is 0 Å². The number of hydrogen-bond donors (Lipinski definition) is 1. The molecule has 0 aromatic carbocycles. The predicted octanol–water partition coefficient (Wildman–Crippen LogP) is 1.95. The van der Waals surface area contributed by atoms with E-state index in [1.807, 2.05) is 0 Å². The third-order valence-electron chi connectivity index (χ3n) is 1.22. The van der Waals surface area contributed by atoms with E-state index >= 15 is 0 Å². The van der Waals surface area contributed by atoms with Gasteiger partial charge in [-0.15, -0.1) is 5.92 Å². The van der Waals surface area contributed by atoms with E-state index in [9.17, 15) is 0 Å². The van der Waals surface area contributed by atoms with Gasteiger partial charge in [0.15, 0.2) is 0 Å². The van der Waals surface area contributed by atoms with Crippen LogP contribution in [0.2, 0.25) is 0 Å². The van der Waals surface area contributed by atoms with E-state index in [0.29, 0.717) is 0 Å². The highest BCUT2D eigenvalue weighted by Gasteiger charge is 1.83. The number of rotatable bonds is 3. The predicted molar refractivity (Wildman–Crippen MR) is 43.6 cm³/mol. The monoisotopic (exact) mass is 140 g/mol. The fourth-order valence-electron chi connectivity index (χ4n) is 0.683. The maximum absolute atomic E-state index is 8.74. The van der Waals surface area contributed by atoms with Gasteiger partial charge in [-0.3, -0.25) is 0 Å². The van der Waals surface area contributed by atoms with Crippen molar-refractivity contribution in [2.24, 2.45) is 0 Å². The number of aliphatic hydroxyl groups is 1. The molecular formula is C9H16O. The summed E-state index contributed by atoms with van der Waals surface area (Å²) in [5.41, 5.74) is 0. The van der Waals surface area contributed by atoms with Gasteiger partial charge in [-0.05, 0) is 13.3 Å². The molecule has 0 aliphatic heterocycles. The average molecular weight is 140 g/mol. The van der Waals surface area contributed by atoms with Gasteiger partial charge in [0, 0.05) is 6.42 Å². The van der Waals surface area contributed by atoms with E-state index in [1.54, 1.807) is 6.92 Å². The Morgan fingerprint density at radius 3 is 2.60 bits per heavy atom. The topological polar surface area (TPSA) is 20.2 Å². The van der Waals surface area contributed by atoms with Crippen LogP contribution in [0.15, 0.2) is 0 Å². The molecule has 0 bridgehead atoms. The molecule has 0 saturated heterocycles. The van der Waals surface area contributed by atoms with Crippen molar-refractivity contribution in [1.82, 2.24) is 0 Å². The zero-order valence-electron chi connectivity index (χ0n) is 6.85. The fraction of sp³-hybridized carbons (Fsp3) is 0.778. The van der Waals surface area contributed by atoms with E-state index in [-0.39, 0.29) is 0 Å². The summed E-state index contributed by atoms with van der Waals surface area (Å²) in [6.45, 7) is 3.86. The highest BCUT2D eigenvalue weighted by molar-refractivity contribution is 5.02. The van der Waals surface area contributed by atoms with Crippen molar-refractivity contribution in [3.8, 4) is 11.8 Å². The molecule has 0 unspecified atom stereocenters. The van der Waals surface area contributed by atoms with E-state index in [2.05, 4.69) is 18.8 Å². The minimum atomic E-state index is -0.457.